The van der Waals surface area contributed by atoms with Crippen molar-refractivity contribution >= 4 is 29.3 Å². The van der Waals surface area contributed by atoms with Gasteiger partial charge in [0.05, 0.1) is 24.1 Å². The number of hydrogen-bond donors (Lipinski definition) is 2. The minimum absolute atomic E-state index is 0.0885. The average molecular weight is 490 g/mol. The maximum atomic E-state index is 12.5. The predicted octanol–water partition coefficient (Wildman–Crippen LogP) is 4.61. The number of aryl methyl sites for hydroxylation is 4. The second kappa shape index (κ2) is 10.6. The van der Waals surface area contributed by atoms with Crippen LogP contribution in [0.4, 0.5) is 5.69 Å². The number of furan rings is 1. The zero-order valence-electron chi connectivity index (χ0n) is 20.1. The molecule has 0 spiro atoms. The van der Waals surface area contributed by atoms with Gasteiger partial charge >= 0.3 is 0 Å². The van der Waals surface area contributed by atoms with Gasteiger partial charge in [-0.2, -0.15) is 0 Å². The lowest BCUT2D eigenvalue weighted by Crippen LogP contribution is -2.34. The normalized spacial score (nSPS) is 10.9. The van der Waals surface area contributed by atoms with Gasteiger partial charge in [0.2, 0.25) is 11.8 Å². The lowest BCUT2D eigenvalue weighted by molar-refractivity contribution is -0.122. The van der Waals surface area contributed by atoms with Crippen LogP contribution in [0.2, 0.25) is 0 Å². The number of nitrogens with one attached hydrogen (secondary N) is 2. The van der Waals surface area contributed by atoms with E-state index in [-0.39, 0.29) is 24.1 Å². The van der Waals surface area contributed by atoms with Crippen molar-refractivity contribution < 1.29 is 14.0 Å². The third kappa shape index (κ3) is 5.63. The van der Waals surface area contributed by atoms with E-state index in [4.69, 9.17) is 4.42 Å². The Labute approximate surface area is 208 Å². The van der Waals surface area contributed by atoms with Crippen molar-refractivity contribution in [1.82, 2.24) is 20.1 Å². The lowest BCUT2D eigenvalue weighted by Gasteiger charge is -2.13. The van der Waals surface area contributed by atoms with Gasteiger partial charge < -0.3 is 15.1 Å². The Bertz CT molecular complexity index is 1340. The Balaban J connectivity index is 1.41. The van der Waals surface area contributed by atoms with Gasteiger partial charge in [0.25, 0.3) is 0 Å². The van der Waals surface area contributed by atoms with Gasteiger partial charge in [-0.1, -0.05) is 47.7 Å². The Morgan fingerprint density at radius 3 is 2.34 bits per heavy atom. The molecule has 0 unspecified atom stereocenters. The van der Waals surface area contributed by atoms with Crippen molar-refractivity contribution in [2.45, 2.75) is 32.9 Å². The fourth-order valence-corrected chi connectivity index (χ4v) is 4.67. The third-order valence-corrected chi connectivity index (χ3v) is 6.40. The van der Waals surface area contributed by atoms with Gasteiger partial charge in [-0.05, 0) is 57.0 Å². The number of carbonyl (C=O) groups excluding carboxylic acids is 2. The molecule has 35 heavy (non-hydrogen) atoms. The van der Waals surface area contributed by atoms with Crippen LogP contribution >= 0.6 is 11.8 Å². The summed E-state index contributed by atoms with van der Waals surface area (Å²) < 4.78 is 7.34. The molecule has 2 amide bonds. The number of rotatable bonds is 8. The first-order chi connectivity index (χ1) is 16.8. The molecule has 2 aromatic heterocycles. The van der Waals surface area contributed by atoms with Crippen LogP contribution in [0.25, 0.3) is 17.1 Å². The molecule has 0 atom stereocenters. The molecule has 8 nitrogen and oxygen atoms in total. The summed E-state index contributed by atoms with van der Waals surface area (Å²) in [6, 6.07) is 15.6. The second-order valence-corrected chi connectivity index (χ2v) is 9.20. The Morgan fingerprint density at radius 2 is 1.69 bits per heavy atom. The van der Waals surface area contributed by atoms with Crippen LogP contribution in [0.1, 0.15) is 22.5 Å². The molecule has 0 aliphatic rings. The fourth-order valence-electron chi connectivity index (χ4n) is 3.89. The molecule has 0 saturated carbocycles. The van der Waals surface area contributed by atoms with Gasteiger partial charge in [-0.3, -0.25) is 14.2 Å². The molecule has 2 aromatic carbocycles. The number of nitrogens with zero attached hydrogens (tertiary/aromatic N) is 3. The summed E-state index contributed by atoms with van der Waals surface area (Å²) in [5.74, 6) is 0.905. The van der Waals surface area contributed by atoms with Crippen molar-refractivity contribution in [2.24, 2.45) is 0 Å². The zero-order valence-corrected chi connectivity index (χ0v) is 20.9. The molecule has 0 aliphatic carbocycles. The summed E-state index contributed by atoms with van der Waals surface area (Å²) >= 11 is 1.25. The summed E-state index contributed by atoms with van der Waals surface area (Å²) in [7, 11) is 0. The maximum Gasteiger partial charge on any atom is 0.243 e. The van der Waals surface area contributed by atoms with E-state index in [2.05, 4.69) is 20.8 Å². The van der Waals surface area contributed by atoms with E-state index >= 15 is 0 Å². The van der Waals surface area contributed by atoms with E-state index < -0.39 is 0 Å². The average Bonchev–Trinajstić information content (AvgIpc) is 3.44. The molecule has 2 heterocycles. The van der Waals surface area contributed by atoms with Gasteiger partial charge in [-0.25, -0.2) is 0 Å². The minimum atomic E-state index is -0.274. The summed E-state index contributed by atoms with van der Waals surface area (Å²) in [5, 5.41) is 14.8. The fraction of sp³-hybridized carbons (Fsp3) is 0.231. The van der Waals surface area contributed by atoms with E-state index in [1.54, 1.807) is 6.26 Å². The van der Waals surface area contributed by atoms with Crippen molar-refractivity contribution in [2.75, 3.05) is 17.6 Å². The molecule has 4 rings (SSSR count). The molecule has 0 aliphatic heterocycles. The van der Waals surface area contributed by atoms with E-state index in [9.17, 15) is 9.59 Å². The highest BCUT2D eigenvalue weighted by atomic mass is 32.2. The molecular weight excluding hydrogens is 462 g/mol. The highest BCUT2D eigenvalue weighted by Gasteiger charge is 2.20. The summed E-state index contributed by atoms with van der Waals surface area (Å²) in [5.41, 5.74) is 5.60. The first kappa shape index (κ1) is 24.3. The van der Waals surface area contributed by atoms with E-state index in [0.29, 0.717) is 11.0 Å². The van der Waals surface area contributed by atoms with Crippen molar-refractivity contribution in [1.29, 1.82) is 0 Å². The highest BCUT2D eigenvalue weighted by molar-refractivity contribution is 7.99. The number of amides is 2. The number of hydrogen-bond acceptors (Lipinski definition) is 6. The SMILES string of the molecule is Cc1cc(C)c(NC(=O)CNC(=O)CSc2nnc(-c3ccoc3C)n2-c2ccccc2)c(C)c1. The lowest BCUT2D eigenvalue weighted by atomic mass is 10.1. The van der Waals surface area contributed by atoms with E-state index in [1.807, 2.05) is 80.8 Å². The number of anilines is 1. The van der Waals surface area contributed by atoms with Crippen molar-refractivity contribution in [3.05, 3.63) is 77.2 Å². The second-order valence-electron chi connectivity index (χ2n) is 8.25. The number of carbonyl (C=O) groups is 2. The van der Waals surface area contributed by atoms with Gasteiger partial charge in [0, 0.05) is 11.4 Å². The summed E-state index contributed by atoms with van der Waals surface area (Å²) in [6.45, 7) is 7.67. The van der Waals surface area contributed by atoms with Crippen molar-refractivity contribution in [3.8, 4) is 17.1 Å². The summed E-state index contributed by atoms with van der Waals surface area (Å²) in [4.78, 5) is 24.9. The quantitative estimate of drug-likeness (QED) is 0.351. The molecule has 4 aromatic rings. The molecule has 0 bridgehead atoms. The van der Waals surface area contributed by atoms with Crippen LogP contribution in [0, 0.1) is 27.7 Å². The topological polar surface area (TPSA) is 102 Å². The standard InChI is InChI=1S/C26H27N5O3S/c1-16-12-17(2)24(18(3)13-16)28-22(32)14-27-23(33)15-35-26-30-29-25(21-10-11-34-19(21)4)31(26)20-8-6-5-7-9-20/h5-13H,14-15H2,1-4H3,(H,27,33)(H,28,32). The maximum absolute atomic E-state index is 12.5. The Hall–Kier alpha value is -3.85. The van der Waals surface area contributed by atoms with Gasteiger partial charge in [-0.15, -0.1) is 10.2 Å². The molecular formula is C26H27N5O3S. The smallest absolute Gasteiger partial charge is 0.243 e. The molecule has 0 radical (unpaired) electrons. The Morgan fingerprint density at radius 1 is 0.971 bits per heavy atom. The number of aromatic nitrogens is 3. The molecule has 9 heteroatoms. The zero-order chi connectivity index (χ0) is 24.9. The first-order valence-corrected chi connectivity index (χ1v) is 12.1. The molecule has 0 saturated heterocycles. The highest BCUT2D eigenvalue weighted by Crippen LogP contribution is 2.30. The largest absolute Gasteiger partial charge is 0.469 e. The number of benzene rings is 2. The number of thioether (sulfide) groups is 1. The van der Waals surface area contributed by atoms with Gasteiger partial charge in [0.1, 0.15) is 5.76 Å². The monoisotopic (exact) mass is 489 g/mol. The van der Waals surface area contributed by atoms with Gasteiger partial charge in [0.15, 0.2) is 11.0 Å². The third-order valence-electron chi connectivity index (χ3n) is 5.47. The van der Waals surface area contributed by atoms with Crippen LogP contribution in [0.3, 0.4) is 0 Å². The Kier molecular flexibility index (Phi) is 7.36. The van der Waals surface area contributed by atoms with E-state index in [1.165, 1.54) is 11.8 Å². The van der Waals surface area contributed by atoms with Crippen LogP contribution in [0.5, 0.6) is 0 Å². The minimum Gasteiger partial charge on any atom is -0.469 e. The molecule has 2 N–H and O–H groups in total. The molecule has 0 fully saturated rings. The first-order valence-electron chi connectivity index (χ1n) is 11.2. The molecule has 180 valence electrons. The van der Waals surface area contributed by atoms with Crippen LogP contribution in [0.15, 0.2) is 64.4 Å². The van der Waals surface area contributed by atoms with Crippen molar-refractivity contribution in [3.63, 3.8) is 0 Å². The van der Waals surface area contributed by atoms with Crippen LogP contribution in [-0.4, -0.2) is 38.9 Å². The summed E-state index contributed by atoms with van der Waals surface area (Å²) in [6.07, 6.45) is 1.61. The number of para-hydroxylation sites is 1. The van der Waals surface area contributed by atoms with Crippen LogP contribution < -0.4 is 10.6 Å². The van der Waals surface area contributed by atoms with E-state index in [0.717, 1.165) is 39.4 Å². The predicted molar refractivity (Wildman–Crippen MR) is 137 cm³/mol. The van der Waals surface area contributed by atoms with Crippen LogP contribution in [-0.2, 0) is 9.59 Å².